The number of unbranched alkanes of at least 4 members (excludes halogenated alkanes) is 1. The molecule has 0 aliphatic carbocycles. The van der Waals surface area contributed by atoms with Crippen molar-refractivity contribution in [1.29, 1.82) is 0 Å². The van der Waals surface area contributed by atoms with Gasteiger partial charge in [-0.1, -0.05) is 57.2 Å². The van der Waals surface area contributed by atoms with Crippen LogP contribution in [0.3, 0.4) is 0 Å². The van der Waals surface area contributed by atoms with E-state index in [-0.39, 0.29) is 12.0 Å². The first-order valence-corrected chi connectivity index (χ1v) is 14.0. The van der Waals surface area contributed by atoms with Crippen molar-refractivity contribution in [2.24, 2.45) is 0 Å². The van der Waals surface area contributed by atoms with Crippen molar-refractivity contribution in [3.05, 3.63) is 76.0 Å². The molecule has 5 heteroatoms. The van der Waals surface area contributed by atoms with Crippen LogP contribution >= 0.6 is 11.6 Å². The van der Waals surface area contributed by atoms with Gasteiger partial charge in [0.1, 0.15) is 5.75 Å². The lowest BCUT2D eigenvalue weighted by molar-refractivity contribution is 0.0305. The fraction of sp³-hybridized carbons (Fsp3) is 0.548. The summed E-state index contributed by atoms with van der Waals surface area (Å²) < 4.78 is 5.88. The summed E-state index contributed by atoms with van der Waals surface area (Å²) in [7, 11) is 2.14. The van der Waals surface area contributed by atoms with Gasteiger partial charge in [0.2, 0.25) is 0 Å². The van der Waals surface area contributed by atoms with Crippen LogP contribution in [0.4, 0.5) is 0 Å². The summed E-state index contributed by atoms with van der Waals surface area (Å²) in [5.41, 5.74) is 7.48. The van der Waals surface area contributed by atoms with Gasteiger partial charge in [0.05, 0.1) is 19.3 Å². The van der Waals surface area contributed by atoms with Crippen LogP contribution in [0.15, 0.2) is 53.7 Å². The summed E-state index contributed by atoms with van der Waals surface area (Å²) in [5, 5.41) is 14.4. The normalized spacial score (nSPS) is 16.8. The van der Waals surface area contributed by atoms with Crippen LogP contribution in [0.25, 0.3) is 0 Å². The highest BCUT2D eigenvalue weighted by Crippen LogP contribution is 2.34. The molecule has 0 bridgehead atoms. The summed E-state index contributed by atoms with van der Waals surface area (Å²) in [6.07, 6.45) is 5.24. The average molecular weight is 513 g/mol. The minimum atomic E-state index is -0.0810. The third kappa shape index (κ3) is 6.45. The van der Waals surface area contributed by atoms with E-state index in [1.54, 1.807) is 0 Å². The van der Waals surface area contributed by atoms with E-state index >= 15 is 0 Å². The van der Waals surface area contributed by atoms with Crippen molar-refractivity contribution in [1.82, 2.24) is 10.0 Å². The van der Waals surface area contributed by atoms with E-state index in [1.807, 2.05) is 0 Å². The van der Waals surface area contributed by atoms with Crippen molar-refractivity contribution in [2.45, 2.75) is 78.2 Å². The second kappa shape index (κ2) is 13.0. The molecule has 1 aliphatic heterocycles. The Morgan fingerprint density at radius 3 is 2.28 bits per heavy atom. The van der Waals surface area contributed by atoms with Gasteiger partial charge >= 0.3 is 0 Å². The standard InChI is InChI=1S/C31H45ClN2O2/c1-7-29-28(22-35)24(3)34(33(29)6)19-9-8-11-25-12-14-26(15-13-25)31(4,5)27-16-17-30(23(2)21-27)36-20-10-18-32/h12-17,21,29,35H,7-11,18-20,22H2,1-6H3/t29-/m1/s1. The molecular formula is C31H45ClN2O2. The van der Waals surface area contributed by atoms with Gasteiger partial charge in [0.25, 0.3) is 0 Å². The first kappa shape index (κ1) is 28.6. The molecule has 0 spiro atoms. The minimum Gasteiger partial charge on any atom is -0.493 e. The van der Waals surface area contributed by atoms with Crippen LogP contribution in [-0.2, 0) is 11.8 Å². The fourth-order valence-electron chi connectivity index (χ4n) is 5.38. The molecule has 0 amide bonds. The maximum Gasteiger partial charge on any atom is 0.122 e. The van der Waals surface area contributed by atoms with Crippen molar-refractivity contribution in [2.75, 3.05) is 32.7 Å². The number of hydrogen-bond acceptors (Lipinski definition) is 4. The van der Waals surface area contributed by atoms with Crippen molar-refractivity contribution in [3.63, 3.8) is 0 Å². The van der Waals surface area contributed by atoms with Crippen LogP contribution < -0.4 is 4.74 Å². The Morgan fingerprint density at radius 2 is 1.69 bits per heavy atom. The molecule has 0 unspecified atom stereocenters. The number of hydrazine groups is 1. The molecule has 4 nitrogen and oxygen atoms in total. The predicted molar refractivity (Wildman–Crippen MR) is 152 cm³/mol. The lowest BCUT2D eigenvalue weighted by Crippen LogP contribution is -2.39. The molecule has 1 aliphatic rings. The summed E-state index contributed by atoms with van der Waals surface area (Å²) in [6.45, 7) is 12.8. The molecule has 198 valence electrons. The van der Waals surface area contributed by atoms with Gasteiger partial charge in [-0.2, -0.15) is 0 Å². The Kier molecular flexibility index (Phi) is 10.3. The highest BCUT2D eigenvalue weighted by Gasteiger charge is 2.32. The molecule has 1 heterocycles. The lowest BCUT2D eigenvalue weighted by atomic mass is 9.77. The molecule has 0 aromatic heterocycles. The Labute approximate surface area is 223 Å². The number of hydrogen-bond donors (Lipinski definition) is 1. The Bertz CT molecular complexity index is 1020. The zero-order chi connectivity index (χ0) is 26.3. The number of aliphatic hydroxyl groups excluding tert-OH is 1. The van der Waals surface area contributed by atoms with E-state index in [1.165, 1.54) is 28.0 Å². The van der Waals surface area contributed by atoms with Gasteiger partial charge in [-0.15, -0.1) is 11.6 Å². The first-order chi connectivity index (χ1) is 17.2. The predicted octanol–water partition coefficient (Wildman–Crippen LogP) is 6.86. The zero-order valence-corrected chi connectivity index (χ0v) is 23.9. The third-order valence-electron chi connectivity index (χ3n) is 7.84. The van der Waals surface area contributed by atoms with Gasteiger partial charge in [-0.25, -0.2) is 5.01 Å². The number of alkyl halides is 1. The third-order valence-corrected chi connectivity index (χ3v) is 8.10. The van der Waals surface area contributed by atoms with Gasteiger partial charge in [-0.3, -0.25) is 0 Å². The SMILES string of the molecule is CC[C@@H]1C(CO)=C(C)N(CCCCc2ccc(C(C)(C)c3ccc(OCCCCl)c(C)c3)cc2)N1C. The number of ether oxygens (including phenoxy) is 1. The van der Waals surface area contributed by atoms with Gasteiger partial charge in [0.15, 0.2) is 0 Å². The highest BCUT2D eigenvalue weighted by atomic mass is 35.5. The Balaban J connectivity index is 1.55. The van der Waals surface area contributed by atoms with Crippen molar-refractivity contribution in [3.8, 4) is 5.75 Å². The number of aryl methyl sites for hydroxylation is 2. The number of nitrogens with zero attached hydrogens (tertiary/aromatic N) is 2. The monoisotopic (exact) mass is 512 g/mol. The minimum absolute atomic E-state index is 0.0810. The highest BCUT2D eigenvalue weighted by molar-refractivity contribution is 6.17. The van der Waals surface area contributed by atoms with Crippen LogP contribution in [0, 0.1) is 6.92 Å². The van der Waals surface area contributed by atoms with Gasteiger partial charge < -0.3 is 14.9 Å². The number of allylic oxidation sites excluding steroid dienone is 1. The number of aliphatic hydroxyl groups is 1. The van der Waals surface area contributed by atoms with Crippen molar-refractivity contribution >= 4 is 11.6 Å². The summed E-state index contributed by atoms with van der Waals surface area (Å²) in [6, 6.07) is 16.0. The smallest absolute Gasteiger partial charge is 0.122 e. The maximum absolute atomic E-state index is 9.79. The number of halogens is 1. The lowest BCUT2D eigenvalue weighted by Gasteiger charge is -2.32. The molecule has 0 radical (unpaired) electrons. The summed E-state index contributed by atoms with van der Waals surface area (Å²) >= 11 is 5.77. The first-order valence-electron chi connectivity index (χ1n) is 13.4. The molecule has 1 atom stereocenters. The summed E-state index contributed by atoms with van der Waals surface area (Å²) in [5.74, 6) is 1.57. The number of rotatable bonds is 13. The quantitative estimate of drug-likeness (QED) is 0.235. The largest absolute Gasteiger partial charge is 0.493 e. The number of benzene rings is 2. The van der Waals surface area contributed by atoms with E-state index in [0.29, 0.717) is 18.5 Å². The molecule has 2 aromatic rings. The zero-order valence-electron chi connectivity index (χ0n) is 23.1. The second-order valence-corrected chi connectivity index (χ2v) is 10.9. The molecule has 3 rings (SSSR count). The molecule has 0 saturated heterocycles. The Morgan fingerprint density at radius 1 is 1.00 bits per heavy atom. The van der Waals surface area contributed by atoms with Crippen molar-refractivity contribution < 1.29 is 9.84 Å². The molecule has 0 saturated carbocycles. The van der Waals surface area contributed by atoms with E-state index in [4.69, 9.17) is 16.3 Å². The maximum atomic E-state index is 9.79. The molecular weight excluding hydrogens is 468 g/mol. The van der Waals surface area contributed by atoms with Gasteiger partial charge in [0, 0.05) is 30.6 Å². The van der Waals surface area contributed by atoms with Crippen LogP contribution in [0.1, 0.15) is 75.6 Å². The summed E-state index contributed by atoms with van der Waals surface area (Å²) in [4.78, 5) is 0. The van der Waals surface area contributed by atoms with Crippen LogP contribution in [-0.4, -0.2) is 53.9 Å². The fourth-order valence-corrected chi connectivity index (χ4v) is 5.48. The molecule has 0 fully saturated rings. The van der Waals surface area contributed by atoms with E-state index in [2.05, 4.69) is 94.1 Å². The average Bonchev–Trinajstić information content (AvgIpc) is 3.11. The molecule has 1 N–H and O–H groups in total. The van der Waals surface area contributed by atoms with E-state index in [9.17, 15) is 5.11 Å². The molecule has 36 heavy (non-hydrogen) atoms. The second-order valence-electron chi connectivity index (χ2n) is 10.5. The van der Waals surface area contributed by atoms with Crippen LogP contribution in [0.2, 0.25) is 0 Å². The van der Waals surface area contributed by atoms with E-state index < -0.39 is 0 Å². The molecule has 2 aromatic carbocycles. The Hall–Kier alpha value is -2.01. The topological polar surface area (TPSA) is 35.9 Å². The van der Waals surface area contributed by atoms with Gasteiger partial charge in [-0.05, 0) is 79.8 Å². The number of likely N-dealkylation sites (N-methyl/N-ethyl adjacent to an activating group) is 1. The van der Waals surface area contributed by atoms with Crippen LogP contribution in [0.5, 0.6) is 5.75 Å². The van der Waals surface area contributed by atoms with E-state index in [0.717, 1.165) is 50.0 Å².